The second-order valence-corrected chi connectivity index (χ2v) is 7.70. The number of carbonyl (C=O) groups excluding carboxylic acids is 1. The van der Waals surface area contributed by atoms with Gasteiger partial charge in [0.1, 0.15) is 5.75 Å². The molecule has 0 saturated heterocycles. The van der Waals surface area contributed by atoms with Crippen molar-refractivity contribution in [3.63, 3.8) is 0 Å². The van der Waals surface area contributed by atoms with Crippen LogP contribution in [-0.2, 0) is 6.42 Å². The molecule has 0 spiro atoms. The lowest BCUT2D eigenvalue weighted by molar-refractivity contribution is 0.102. The maximum Gasteiger partial charge on any atom is 0.261 e. The predicted octanol–water partition coefficient (Wildman–Crippen LogP) is 5.51. The van der Waals surface area contributed by atoms with E-state index in [2.05, 4.69) is 48.4 Å². The summed E-state index contributed by atoms with van der Waals surface area (Å²) in [5.41, 5.74) is 3.09. The van der Waals surface area contributed by atoms with Crippen LogP contribution in [0.3, 0.4) is 0 Å². The summed E-state index contributed by atoms with van der Waals surface area (Å²) in [6, 6.07) is 15.9. The average Bonchev–Trinajstić information content (AvgIpc) is 3.09. The number of nitrogens with one attached hydrogen (secondary N) is 1. The van der Waals surface area contributed by atoms with E-state index in [1.165, 1.54) is 22.5 Å². The quantitative estimate of drug-likeness (QED) is 0.588. The summed E-state index contributed by atoms with van der Waals surface area (Å²) >= 11 is 1.50. The van der Waals surface area contributed by atoms with Crippen molar-refractivity contribution in [1.82, 2.24) is 4.98 Å². The van der Waals surface area contributed by atoms with Gasteiger partial charge in [-0.3, -0.25) is 10.1 Å². The maximum atomic E-state index is 12.6. The Morgan fingerprint density at radius 3 is 2.59 bits per heavy atom. The van der Waals surface area contributed by atoms with Crippen molar-refractivity contribution >= 4 is 22.4 Å². The highest BCUT2D eigenvalue weighted by Crippen LogP contribution is 2.24. The fraction of sp³-hybridized carbons (Fsp3) is 0.273. The number of amides is 1. The molecule has 27 heavy (non-hydrogen) atoms. The van der Waals surface area contributed by atoms with Crippen molar-refractivity contribution < 1.29 is 9.53 Å². The molecule has 1 N–H and O–H groups in total. The molecule has 3 rings (SSSR count). The number of rotatable bonds is 7. The van der Waals surface area contributed by atoms with E-state index >= 15 is 0 Å². The number of ether oxygens (including phenoxy) is 1. The van der Waals surface area contributed by atoms with Gasteiger partial charge in [-0.05, 0) is 36.1 Å². The van der Waals surface area contributed by atoms with E-state index in [9.17, 15) is 4.79 Å². The molecule has 2 aromatic carbocycles. The fourth-order valence-electron chi connectivity index (χ4n) is 2.77. The lowest BCUT2D eigenvalue weighted by Gasteiger charge is -2.08. The van der Waals surface area contributed by atoms with Crippen LogP contribution in [0.1, 0.15) is 53.1 Å². The summed E-state index contributed by atoms with van der Waals surface area (Å²) in [6.45, 7) is 6.80. The average molecular weight is 381 g/mol. The van der Waals surface area contributed by atoms with E-state index in [1.54, 1.807) is 12.1 Å². The van der Waals surface area contributed by atoms with E-state index in [4.69, 9.17) is 4.74 Å². The molecule has 0 aliphatic carbocycles. The first-order chi connectivity index (χ1) is 13.1. The van der Waals surface area contributed by atoms with Crippen LogP contribution in [-0.4, -0.2) is 17.5 Å². The molecule has 0 fully saturated rings. The van der Waals surface area contributed by atoms with E-state index in [-0.39, 0.29) is 5.91 Å². The highest BCUT2D eigenvalue weighted by molar-refractivity contribution is 7.15. The smallest absolute Gasteiger partial charge is 0.261 e. The van der Waals surface area contributed by atoms with E-state index < -0.39 is 0 Å². The molecule has 140 valence electrons. The molecule has 0 unspecified atom stereocenters. The van der Waals surface area contributed by atoms with Gasteiger partial charge in [0, 0.05) is 17.5 Å². The Labute approximate surface area is 164 Å². The Kier molecular flexibility index (Phi) is 6.24. The van der Waals surface area contributed by atoms with Gasteiger partial charge in [-0.15, -0.1) is 11.3 Å². The number of hydrogen-bond acceptors (Lipinski definition) is 4. The summed E-state index contributed by atoms with van der Waals surface area (Å²) in [5.74, 6) is 0.907. The summed E-state index contributed by atoms with van der Waals surface area (Å²) in [5, 5.41) is 3.47. The Balaban J connectivity index is 1.66. The molecule has 0 aliphatic rings. The zero-order valence-corrected chi connectivity index (χ0v) is 16.7. The first kappa shape index (κ1) is 19.1. The number of aromatic nitrogens is 1. The number of para-hydroxylation sites is 1. The van der Waals surface area contributed by atoms with Crippen LogP contribution in [0, 0.1) is 0 Å². The standard InChI is InChI=1S/C22H24N2O2S/c1-4-26-20-8-6-5-7-19(20)21(25)24-22-23-14-18(27-22)13-16-9-11-17(12-10-16)15(2)3/h5-12,14-15H,4,13H2,1-3H3,(H,23,24,25). The molecule has 0 radical (unpaired) electrons. The first-order valence-corrected chi connectivity index (χ1v) is 9.95. The molecule has 4 nitrogen and oxygen atoms in total. The lowest BCUT2D eigenvalue weighted by atomic mass is 10.0. The van der Waals surface area contributed by atoms with Gasteiger partial charge >= 0.3 is 0 Å². The molecule has 3 aromatic rings. The Morgan fingerprint density at radius 1 is 1.15 bits per heavy atom. The van der Waals surface area contributed by atoms with Crippen LogP contribution >= 0.6 is 11.3 Å². The molecule has 0 bridgehead atoms. The number of carbonyl (C=O) groups is 1. The molecular formula is C22H24N2O2S. The van der Waals surface area contributed by atoms with Gasteiger partial charge < -0.3 is 4.74 Å². The zero-order chi connectivity index (χ0) is 19.2. The Bertz CT molecular complexity index is 901. The van der Waals surface area contributed by atoms with Crippen LogP contribution in [0.15, 0.2) is 54.7 Å². The van der Waals surface area contributed by atoms with Gasteiger partial charge in [-0.1, -0.05) is 50.2 Å². The van der Waals surface area contributed by atoms with Crippen LogP contribution in [0.4, 0.5) is 5.13 Å². The molecule has 0 atom stereocenters. The number of anilines is 1. The van der Waals surface area contributed by atoms with Crippen molar-refractivity contribution in [3.05, 3.63) is 76.3 Å². The minimum absolute atomic E-state index is 0.207. The number of hydrogen-bond donors (Lipinski definition) is 1. The van der Waals surface area contributed by atoms with Crippen molar-refractivity contribution in [3.8, 4) is 5.75 Å². The van der Waals surface area contributed by atoms with Crippen LogP contribution < -0.4 is 10.1 Å². The number of benzene rings is 2. The van der Waals surface area contributed by atoms with Crippen molar-refractivity contribution in [2.75, 3.05) is 11.9 Å². The summed E-state index contributed by atoms with van der Waals surface area (Å²) in [7, 11) is 0. The summed E-state index contributed by atoms with van der Waals surface area (Å²) < 4.78 is 5.53. The molecule has 0 saturated carbocycles. The lowest BCUT2D eigenvalue weighted by Crippen LogP contribution is -2.13. The normalized spacial score (nSPS) is 10.8. The third kappa shape index (κ3) is 4.95. The fourth-order valence-corrected chi connectivity index (χ4v) is 3.61. The van der Waals surface area contributed by atoms with Crippen molar-refractivity contribution in [1.29, 1.82) is 0 Å². The molecule has 1 amide bonds. The van der Waals surface area contributed by atoms with Gasteiger partial charge in [-0.2, -0.15) is 0 Å². The largest absolute Gasteiger partial charge is 0.493 e. The summed E-state index contributed by atoms with van der Waals surface area (Å²) in [6.07, 6.45) is 2.63. The monoisotopic (exact) mass is 380 g/mol. The van der Waals surface area contributed by atoms with Gasteiger partial charge in [0.25, 0.3) is 5.91 Å². The first-order valence-electron chi connectivity index (χ1n) is 9.13. The number of thiazole rings is 1. The third-order valence-corrected chi connectivity index (χ3v) is 5.14. The van der Waals surface area contributed by atoms with Gasteiger partial charge in [0.05, 0.1) is 12.2 Å². The molecule has 1 heterocycles. The van der Waals surface area contributed by atoms with Crippen LogP contribution in [0.2, 0.25) is 0 Å². The number of nitrogens with zero attached hydrogens (tertiary/aromatic N) is 1. The maximum absolute atomic E-state index is 12.6. The highest BCUT2D eigenvalue weighted by atomic mass is 32.1. The third-order valence-electron chi connectivity index (χ3n) is 4.23. The highest BCUT2D eigenvalue weighted by Gasteiger charge is 2.14. The van der Waals surface area contributed by atoms with Gasteiger partial charge in [-0.25, -0.2) is 4.98 Å². The Hall–Kier alpha value is -2.66. The van der Waals surface area contributed by atoms with Crippen LogP contribution in [0.5, 0.6) is 5.75 Å². The van der Waals surface area contributed by atoms with Crippen molar-refractivity contribution in [2.45, 2.75) is 33.1 Å². The zero-order valence-electron chi connectivity index (χ0n) is 15.9. The molecule has 0 aliphatic heterocycles. The molecule has 1 aromatic heterocycles. The second kappa shape index (κ2) is 8.82. The van der Waals surface area contributed by atoms with Gasteiger partial charge in [0.2, 0.25) is 0 Å². The van der Waals surface area contributed by atoms with E-state index in [0.29, 0.717) is 29.0 Å². The minimum atomic E-state index is -0.207. The molecule has 5 heteroatoms. The predicted molar refractivity (Wildman–Crippen MR) is 111 cm³/mol. The topological polar surface area (TPSA) is 51.2 Å². The second-order valence-electron chi connectivity index (χ2n) is 6.59. The molecular weight excluding hydrogens is 356 g/mol. The van der Waals surface area contributed by atoms with Crippen molar-refractivity contribution in [2.24, 2.45) is 0 Å². The Morgan fingerprint density at radius 2 is 1.89 bits per heavy atom. The SMILES string of the molecule is CCOc1ccccc1C(=O)Nc1ncc(Cc2ccc(C(C)C)cc2)s1. The van der Waals surface area contributed by atoms with Crippen LogP contribution in [0.25, 0.3) is 0 Å². The van der Waals surface area contributed by atoms with E-state index in [1.807, 2.05) is 25.3 Å². The minimum Gasteiger partial charge on any atom is -0.493 e. The summed E-state index contributed by atoms with van der Waals surface area (Å²) in [4.78, 5) is 18.0. The van der Waals surface area contributed by atoms with E-state index in [0.717, 1.165) is 11.3 Å². The van der Waals surface area contributed by atoms with Gasteiger partial charge in [0.15, 0.2) is 5.13 Å².